The van der Waals surface area contributed by atoms with Crippen LogP contribution in [0.2, 0.25) is 0 Å². The van der Waals surface area contributed by atoms with Gasteiger partial charge in [0.1, 0.15) is 17.6 Å². The molecular formula is C22H26FN5O. The molecule has 6 nitrogen and oxygen atoms in total. The number of hydrogen-bond acceptors (Lipinski definition) is 3. The van der Waals surface area contributed by atoms with Crippen LogP contribution in [0.3, 0.4) is 0 Å². The summed E-state index contributed by atoms with van der Waals surface area (Å²) in [6, 6.07) is 12.5. The van der Waals surface area contributed by atoms with Crippen LogP contribution in [-0.4, -0.2) is 53.0 Å². The van der Waals surface area contributed by atoms with Crippen LogP contribution in [-0.2, 0) is 11.2 Å². The smallest absolute Gasteiger partial charge is 0.193 e. The summed E-state index contributed by atoms with van der Waals surface area (Å²) in [7, 11) is 1.79. The molecule has 7 heteroatoms. The van der Waals surface area contributed by atoms with Crippen molar-refractivity contribution in [3.8, 4) is 0 Å². The van der Waals surface area contributed by atoms with Gasteiger partial charge in [-0.1, -0.05) is 18.2 Å². The molecule has 1 aliphatic heterocycles. The molecule has 0 spiro atoms. The van der Waals surface area contributed by atoms with Crippen LogP contribution >= 0.6 is 0 Å². The molecule has 4 rings (SSSR count). The van der Waals surface area contributed by atoms with Gasteiger partial charge in [0.15, 0.2) is 5.96 Å². The third-order valence-corrected chi connectivity index (χ3v) is 5.09. The Kier molecular flexibility index (Phi) is 5.76. The number of nitrogens with one attached hydrogen (secondary N) is 1. The van der Waals surface area contributed by atoms with E-state index in [2.05, 4.69) is 26.4 Å². The number of rotatable bonds is 4. The standard InChI is InChI=1S/C22H26FN5O/c1-16-13-28(15-20(29-16)17-6-8-18(23)9-7-17)22(24-2)25-11-10-19-14-27-12-4-3-5-21(27)26-19/h3-9,12,14,16,20H,10-11,13,15H2,1-2H3,(H,24,25). The first-order valence-electron chi connectivity index (χ1n) is 9.91. The largest absolute Gasteiger partial charge is 0.367 e. The zero-order valence-corrected chi connectivity index (χ0v) is 16.8. The van der Waals surface area contributed by atoms with Gasteiger partial charge in [0, 0.05) is 39.0 Å². The second kappa shape index (κ2) is 8.61. The summed E-state index contributed by atoms with van der Waals surface area (Å²) >= 11 is 0. The third kappa shape index (κ3) is 4.56. The number of guanidine groups is 1. The minimum absolute atomic E-state index is 0.0517. The summed E-state index contributed by atoms with van der Waals surface area (Å²) in [5.41, 5.74) is 2.97. The molecule has 152 valence electrons. The number of hydrogen-bond donors (Lipinski definition) is 1. The van der Waals surface area contributed by atoms with Crippen molar-refractivity contribution in [2.45, 2.75) is 25.6 Å². The van der Waals surface area contributed by atoms with E-state index in [-0.39, 0.29) is 18.0 Å². The molecule has 2 unspecified atom stereocenters. The fourth-order valence-corrected chi connectivity index (χ4v) is 3.73. The van der Waals surface area contributed by atoms with Crippen molar-refractivity contribution < 1.29 is 9.13 Å². The quantitative estimate of drug-likeness (QED) is 0.545. The average molecular weight is 395 g/mol. The van der Waals surface area contributed by atoms with Crippen molar-refractivity contribution in [3.63, 3.8) is 0 Å². The van der Waals surface area contributed by atoms with Crippen molar-refractivity contribution in [2.75, 3.05) is 26.7 Å². The third-order valence-electron chi connectivity index (χ3n) is 5.09. The predicted octanol–water partition coefficient (Wildman–Crippen LogP) is 3.05. The molecule has 1 saturated heterocycles. The SMILES string of the molecule is CN=C(NCCc1cn2ccccc2n1)N1CC(C)OC(c2ccc(F)cc2)C1. The van der Waals surface area contributed by atoms with Crippen LogP contribution < -0.4 is 5.32 Å². The first-order valence-corrected chi connectivity index (χ1v) is 9.91. The van der Waals surface area contributed by atoms with E-state index in [1.165, 1.54) is 12.1 Å². The first-order chi connectivity index (χ1) is 14.1. The molecule has 0 radical (unpaired) electrons. The van der Waals surface area contributed by atoms with Crippen LogP contribution in [0.1, 0.15) is 24.3 Å². The van der Waals surface area contributed by atoms with Gasteiger partial charge in [-0.05, 0) is 36.8 Å². The van der Waals surface area contributed by atoms with Gasteiger partial charge in [-0.2, -0.15) is 0 Å². The molecule has 29 heavy (non-hydrogen) atoms. The fourth-order valence-electron chi connectivity index (χ4n) is 3.73. The molecule has 2 atom stereocenters. The molecule has 1 fully saturated rings. The highest BCUT2D eigenvalue weighted by Gasteiger charge is 2.28. The second-order valence-electron chi connectivity index (χ2n) is 7.31. The molecule has 1 aliphatic rings. The number of imidazole rings is 1. The lowest BCUT2D eigenvalue weighted by molar-refractivity contribution is -0.0604. The lowest BCUT2D eigenvalue weighted by Gasteiger charge is -2.38. The van der Waals surface area contributed by atoms with Gasteiger partial charge >= 0.3 is 0 Å². The Labute approximate surface area is 170 Å². The predicted molar refractivity (Wildman–Crippen MR) is 112 cm³/mol. The van der Waals surface area contributed by atoms with E-state index in [0.29, 0.717) is 6.54 Å². The van der Waals surface area contributed by atoms with Crippen molar-refractivity contribution in [1.29, 1.82) is 0 Å². The Morgan fingerprint density at radius 3 is 2.83 bits per heavy atom. The number of fused-ring (bicyclic) bond motifs is 1. The number of pyridine rings is 1. The molecule has 0 saturated carbocycles. The van der Waals surface area contributed by atoms with Crippen molar-refractivity contribution in [3.05, 3.63) is 71.9 Å². The Morgan fingerprint density at radius 2 is 2.07 bits per heavy atom. The van der Waals surface area contributed by atoms with E-state index < -0.39 is 0 Å². The van der Waals surface area contributed by atoms with E-state index in [4.69, 9.17) is 4.74 Å². The lowest BCUT2D eigenvalue weighted by Crippen LogP contribution is -2.51. The number of morpholine rings is 1. The molecule has 1 aromatic carbocycles. The normalized spacial score (nSPS) is 20.2. The zero-order chi connectivity index (χ0) is 20.2. The molecule has 3 aromatic rings. The average Bonchev–Trinajstić information content (AvgIpc) is 3.14. The molecule has 0 bridgehead atoms. The number of ether oxygens (including phenoxy) is 1. The topological polar surface area (TPSA) is 54.2 Å². The zero-order valence-electron chi connectivity index (χ0n) is 16.8. The summed E-state index contributed by atoms with van der Waals surface area (Å²) in [6.07, 6.45) is 4.80. The van der Waals surface area contributed by atoms with Gasteiger partial charge < -0.3 is 19.4 Å². The van der Waals surface area contributed by atoms with Crippen LogP contribution in [0.15, 0.2) is 59.9 Å². The highest BCUT2D eigenvalue weighted by Crippen LogP contribution is 2.25. The second-order valence-corrected chi connectivity index (χ2v) is 7.31. The number of aromatic nitrogens is 2. The van der Waals surface area contributed by atoms with Gasteiger partial charge in [0.25, 0.3) is 0 Å². The summed E-state index contributed by atoms with van der Waals surface area (Å²) in [6.45, 7) is 4.21. The van der Waals surface area contributed by atoms with Gasteiger partial charge in [0.05, 0.1) is 18.3 Å². The maximum Gasteiger partial charge on any atom is 0.193 e. The Morgan fingerprint density at radius 1 is 1.24 bits per heavy atom. The monoisotopic (exact) mass is 395 g/mol. The van der Waals surface area contributed by atoms with E-state index in [0.717, 1.165) is 42.4 Å². The van der Waals surface area contributed by atoms with Crippen molar-refractivity contribution >= 4 is 11.6 Å². The van der Waals surface area contributed by atoms with Crippen LogP contribution in [0.4, 0.5) is 4.39 Å². The molecule has 0 amide bonds. The summed E-state index contributed by atoms with van der Waals surface area (Å²) < 4.78 is 21.4. The maximum atomic E-state index is 13.3. The van der Waals surface area contributed by atoms with Gasteiger partial charge in [-0.3, -0.25) is 4.99 Å². The van der Waals surface area contributed by atoms with E-state index in [9.17, 15) is 4.39 Å². The Bertz CT molecular complexity index is 951. The molecule has 0 aliphatic carbocycles. The highest BCUT2D eigenvalue weighted by molar-refractivity contribution is 5.80. The van der Waals surface area contributed by atoms with Gasteiger partial charge in [0.2, 0.25) is 0 Å². The van der Waals surface area contributed by atoms with Gasteiger partial charge in [-0.15, -0.1) is 0 Å². The maximum absolute atomic E-state index is 13.3. The molecule has 3 heterocycles. The number of halogens is 1. The van der Waals surface area contributed by atoms with E-state index >= 15 is 0 Å². The fraction of sp³-hybridized carbons (Fsp3) is 0.364. The number of aliphatic imine (C=N–C) groups is 1. The highest BCUT2D eigenvalue weighted by atomic mass is 19.1. The summed E-state index contributed by atoms with van der Waals surface area (Å²) in [5, 5.41) is 3.44. The minimum atomic E-state index is -0.237. The Hall–Kier alpha value is -2.93. The van der Waals surface area contributed by atoms with Gasteiger partial charge in [-0.25, -0.2) is 9.37 Å². The first kappa shape index (κ1) is 19.4. The number of benzene rings is 1. The molecular weight excluding hydrogens is 369 g/mol. The van der Waals surface area contributed by atoms with Crippen molar-refractivity contribution in [1.82, 2.24) is 19.6 Å². The van der Waals surface area contributed by atoms with E-state index in [1.807, 2.05) is 35.7 Å². The van der Waals surface area contributed by atoms with Crippen LogP contribution in [0, 0.1) is 5.82 Å². The summed E-state index contributed by atoms with van der Waals surface area (Å²) in [4.78, 5) is 11.3. The summed E-state index contributed by atoms with van der Waals surface area (Å²) in [5.74, 6) is 0.606. The lowest BCUT2D eigenvalue weighted by atomic mass is 10.1. The van der Waals surface area contributed by atoms with E-state index in [1.54, 1.807) is 19.2 Å². The Balaban J connectivity index is 1.38. The number of nitrogens with zero attached hydrogens (tertiary/aromatic N) is 4. The molecule has 1 N–H and O–H groups in total. The minimum Gasteiger partial charge on any atom is -0.367 e. The van der Waals surface area contributed by atoms with Crippen molar-refractivity contribution in [2.24, 2.45) is 4.99 Å². The van der Waals surface area contributed by atoms with Crippen LogP contribution in [0.5, 0.6) is 0 Å². The molecule has 2 aromatic heterocycles. The van der Waals surface area contributed by atoms with Crippen LogP contribution in [0.25, 0.3) is 5.65 Å².